The largest absolute Gasteiger partial charge is 0.460 e. The minimum atomic E-state index is -5.44. The zero-order chi connectivity index (χ0) is 23.9. The second-order valence-electron chi connectivity index (χ2n) is 7.61. The van der Waals surface area contributed by atoms with Crippen molar-refractivity contribution < 1.29 is 31.5 Å². The maximum absolute atomic E-state index is 16.0. The van der Waals surface area contributed by atoms with E-state index in [9.17, 15) is 18.0 Å². The Hall–Kier alpha value is -2.91. The van der Waals surface area contributed by atoms with Gasteiger partial charge in [-0.2, -0.15) is 8.78 Å². The molecule has 1 atom stereocenters. The molecular formula is C24H17BrF2O5S. The molecule has 0 saturated carbocycles. The summed E-state index contributed by atoms with van der Waals surface area (Å²) in [5.74, 6) is -2.87. The van der Waals surface area contributed by atoms with Crippen LogP contribution in [0, 0.1) is 5.41 Å². The van der Waals surface area contributed by atoms with Gasteiger partial charge in [0.1, 0.15) is 6.61 Å². The predicted molar refractivity (Wildman–Crippen MR) is 119 cm³/mol. The molecule has 1 aliphatic carbocycles. The molecule has 0 fully saturated rings. The molecular weight excluding hydrogens is 518 g/mol. The number of ether oxygens (including phenoxy) is 1. The van der Waals surface area contributed by atoms with Crippen molar-refractivity contribution in [3.8, 4) is 0 Å². The van der Waals surface area contributed by atoms with E-state index in [0.29, 0.717) is 10.0 Å². The van der Waals surface area contributed by atoms with Crippen LogP contribution in [0.3, 0.4) is 0 Å². The highest BCUT2D eigenvalue weighted by molar-refractivity contribution is 9.10. The fraction of sp³-hybridized carbons (Fsp3) is 0.167. The van der Waals surface area contributed by atoms with Gasteiger partial charge in [0.25, 0.3) is 0 Å². The summed E-state index contributed by atoms with van der Waals surface area (Å²) in [7, 11) is -5.44. The molecule has 0 aliphatic heterocycles. The van der Waals surface area contributed by atoms with Gasteiger partial charge in [0.05, 0.1) is 4.90 Å². The number of esters is 1. The summed E-state index contributed by atoms with van der Waals surface area (Å²) in [5, 5.41) is -4.78. The summed E-state index contributed by atoms with van der Waals surface area (Å²) in [5.41, 5.74) is -2.77. The molecule has 3 aromatic carbocycles. The third kappa shape index (κ3) is 3.69. The first-order chi connectivity index (χ1) is 15.6. The van der Waals surface area contributed by atoms with E-state index in [4.69, 9.17) is 4.74 Å². The average Bonchev–Trinajstić information content (AvgIpc) is 3.11. The molecule has 3 aromatic rings. The highest BCUT2D eigenvalue weighted by Crippen LogP contribution is 2.53. The van der Waals surface area contributed by atoms with E-state index in [1.165, 1.54) is 36.4 Å². The fourth-order valence-electron chi connectivity index (χ4n) is 3.87. The Labute approximate surface area is 197 Å². The van der Waals surface area contributed by atoms with E-state index in [1.807, 2.05) is 0 Å². The molecule has 5 nitrogen and oxygen atoms in total. The molecule has 4 rings (SSSR count). The van der Waals surface area contributed by atoms with Crippen molar-refractivity contribution in [1.29, 1.82) is 0 Å². The van der Waals surface area contributed by atoms with Gasteiger partial charge in [-0.1, -0.05) is 64.5 Å². The third-order valence-corrected chi connectivity index (χ3v) is 8.01. The number of alkyl halides is 2. The van der Waals surface area contributed by atoms with Crippen molar-refractivity contribution in [3.05, 3.63) is 100 Å². The van der Waals surface area contributed by atoms with Crippen molar-refractivity contribution in [1.82, 2.24) is 0 Å². The lowest BCUT2D eigenvalue weighted by Crippen LogP contribution is -2.56. The number of halogens is 3. The Kier molecular flexibility index (Phi) is 5.96. The first kappa shape index (κ1) is 23.3. The van der Waals surface area contributed by atoms with Crippen LogP contribution in [0.1, 0.15) is 21.5 Å². The van der Waals surface area contributed by atoms with Crippen molar-refractivity contribution in [2.75, 3.05) is 0 Å². The topological polar surface area (TPSA) is 77.5 Å². The number of rotatable bonds is 6. The van der Waals surface area contributed by atoms with Crippen molar-refractivity contribution in [2.24, 2.45) is 5.41 Å². The first-order valence-electron chi connectivity index (χ1n) is 9.83. The minimum absolute atomic E-state index is 0.133. The van der Waals surface area contributed by atoms with Crippen LogP contribution < -0.4 is 0 Å². The number of hydrogen-bond donors (Lipinski definition) is 0. The lowest BCUT2D eigenvalue weighted by atomic mass is 9.83. The third-order valence-electron chi connectivity index (χ3n) is 5.60. The van der Waals surface area contributed by atoms with Crippen LogP contribution >= 0.6 is 15.9 Å². The summed E-state index contributed by atoms with van der Waals surface area (Å²) < 4.78 is 63.8. The van der Waals surface area contributed by atoms with Gasteiger partial charge in [-0.25, -0.2) is 8.42 Å². The van der Waals surface area contributed by atoms with Crippen LogP contribution in [0.5, 0.6) is 0 Å². The average molecular weight is 535 g/mol. The number of sulfone groups is 1. The number of fused-ring (bicyclic) bond motifs is 1. The Morgan fingerprint density at radius 1 is 1.00 bits per heavy atom. The number of carbonyl (C=O) groups is 2. The summed E-state index contributed by atoms with van der Waals surface area (Å²) in [6.07, 6.45) is -0.812. The Morgan fingerprint density at radius 2 is 1.61 bits per heavy atom. The molecule has 0 aromatic heterocycles. The number of benzene rings is 3. The van der Waals surface area contributed by atoms with Crippen LogP contribution in [-0.4, -0.2) is 25.4 Å². The van der Waals surface area contributed by atoms with Gasteiger partial charge in [-0.3, -0.25) is 9.59 Å². The summed E-state index contributed by atoms with van der Waals surface area (Å²) in [6, 6.07) is 18.5. The van der Waals surface area contributed by atoms with Crippen LogP contribution in [0.25, 0.3) is 0 Å². The number of carbonyl (C=O) groups excluding carboxylic acids is 2. The highest BCUT2D eigenvalue weighted by Gasteiger charge is 2.74. The second-order valence-corrected chi connectivity index (χ2v) is 10.5. The van der Waals surface area contributed by atoms with E-state index in [1.54, 1.807) is 30.3 Å². The minimum Gasteiger partial charge on any atom is -0.460 e. The maximum atomic E-state index is 16.0. The molecule has 0 radical (unpaired) electrons. The second kappa shape index (κ2) is 8.46. The Balaban J connectivity index is 1.83. The SMILES string of the molecule is O=C(OCc1ccccc1)C1(C(F)(F)S(=O)(=O)c2ccccc2)Cc2cc(Br)ccc2C1=O. The van der Waals surface area contributed by atoms with Gasteiger partial charge in [0.15, 0.2) is 5.78 Å². The van der Waals surface area contributed by atoms with Gasteiger partial charge in [0, 0.05) is 16.5 Å². The molecule has 9 heteroatoms. The number of ketones is 1. The van der Waals surface area contributed by atoms with Crippen molar-refractivity contribution in [2.45, 2.75) is 23.2 Å². The highest BCUT2D eigenvalue weighted by atomic mass is 79.9. The standard InChI is InChI=1S/C24H17BrF2O5S/c25-18-11-12-20-17(13-18)14-23(21(20)28,22(29)32-15-16-7-3-1-4-8-16)24(26,27)33(30,31)19-9-5-2-6-10-19/h1-13H,14-15H2. The van der Waals surface area contributed by atoms with Crippen molar-refractivity contribution >= 4 is 37.5 Å². The van der Waals surface area contributed by atoms with E-state index >= 15 is 8.78 Å². The zero-order valence-electron chi connectivity index (χ0n) is 17.0. The fourth-order valence-corrected chi connectivity index (χ4v) is 5.79. The van der Waals surface area contributed by atoms with E-state index in [2.05, 4.69) is 15.9 Å². The maximum Gasteiger partial charge on any atom is 0.373 e. The van der Waals surface area contributed by atoms with Gasteiger partial charge < -0.3 is 4.74 Å². The summed E-state index contributed by atoms with van der Waals surface area (Å²) in [4.78, 5) is 25.9. The van der Waals surface area contributed by atoms with Gasteiger partial charge in [-0.05, 0) is 41.5 Å². The molecule has 1 unspecified atom stereocenters. The summed E-state index contributed by atoms with van der Waals surface area (Å²) in [6.45, 7) is -0.393. The smallest absolute Gasteiger partial charge is 0.373 e. The summed E-state index contributed by atoms with van der Waals surface area (Å²) >= 11 is 3.21. The van der Waals surface area contributed by atoms with Crippen LogP contribution in [0.4, 0.5) is 8.78 Å². The Morgan fingerprint density at radius 3 is 2.24 bits per heavy atom. The zero-order valence-corrected chi connectivity index (χ0v) is 19.4. The number of Topliss-reactive ketones (excluding diaryl/α,β-unsaturated/α-hetero) is 1. The van der Waals surface area contributed by atoms with Crippen LogP contribution in [0.15, 0.2) is 88.2 Å². The van der Waals surface area contributed by atoms with Gasteiger partial charge >= 0.3 is 11.2 Å². The van der Waals surface area contributed by atoms with Crippen molar-refractivity contribution in [3.63, 3.8) is 0 Å². The molecule has 1 aliphatic rings. The number of hydrogen-bond acceptors (Lipinski definition) is 5. The normalized spacial score (nSPS) is 18.1. The lowest BCUT2D eigenvalue weighted by molar-refractivity contribution is -0.165. The van der Waals surface area contributed by atoms with E-state index < -0.39 is 50.2 Å². The molecule has 170 valence electrons. The monoisotopic (exact) mass is 534 g/mol. The first-order valence-corrected chi connectivity index (χ1v) is 12.1. The quantitative estimate of drug-likeness (QED) is 0.329. The molecule has 0 spiro atoms. The van der Waals surface area contributed by atoms with E-state index in [-0.39, 0.29) is 11.1 Å². The molecule has 0 amide bonds. The van der Waals surface area contributed by atoms with Crippen LogP contribution in [-0.2, 0) is 32.4 Å². The molecule has 0 bridgehead atoms. The molecule has 0 saturated heterocycles. The molecule has 0 N–H and O–H groups in total. The lowest BCUT2D eigenvalue weighted by Gasteiger charge is -2.33. The van der Waals surface area contributed by atoms with Crippen LogP contribution in [0.2, 0.25) is 0 Å². The predicted octanol–water partition coefficient (Wildman–Crippen LogP) is 4.98. The molecule has 33 heavy (non-hydrogen) atoms. The molecule has 0 heterocycles. The Bertz CT molecular complexity index is 1330. The van der Waals surface area contributed by atoms with Gasteiger partial charge in [-0.15, -0.1) is 0 Å². The van der Waals surface area contributed by atoms with Gasteiger partial charge in [0.2, 0.25) is 15.3 Å². The van der Waals surface area contributed by atoms with E-state index in [0.717, 1.165) is 12.1 Å².